The van der Waals surface area contributed by atoms with Crippen LogP contribution in [0.15, 0.2) is 65.8 Å². The van der Waals surface area contributed by atoms with Crippen LogP contribution in [0, 0.1) is 5.82 Å². The number of aliphatic imine (C=N–C) groups is 1. The van der Waals surface area contributed by atoms with Gasteiger partial charge in [-0.25, -0.2) is 4.39 Å². The number of halogens is 1. The van der Waals surface area contributed by atoms with Crippen molar-refractivity contribution in [3.63, 3.8) is 0 Å². The van der Waals surface area contributed by atoms with Crippen LogP contribution in [0.1, 0.15) is 17.7 Å². The molecule has 28 heavy (non-hydrogen) atoms. The first kappa shape index (κ1) is 17.9. The fraction of sp³-hybridized carbons (Fsp3) is 0.0476. The van der Waals surface area contributed by atoms with Crippen molar-refractivity contribution in [2.45, 2.75) is 6.42 Å². The van der Waals surface area contributed by atoms with Gasteiger partial charge in [0.15, 0.2) is 0 Å². The second kappa shape index (κ2) is 7.28. The number of thiocarbonyl (C=S) groups is 1. The number of benzene rings is 2. The zero-order chi connectivity index (χ0) is 19.7. The maximum Gasteiger partial charge on any atom is 0.230 e. The molecule has 1 aliphatic heterocycles. The van der Waals surface area contributed by atoms with Gasteiger partial charge in [0, 0.05) is 11.8 Å². The summed E-state index contributed by atoms with van der Waals surface area (Å²) in [7, 11) is 0. The third-order valence-electron chi connectivity index (χ3n) is 4.38. The van der Waals surface area contributed by atoms with Gasteiger partial charge < -0.3 is 11.1 Å². The van der Waals surface area contributed by atoms with Crippen LogP contribution in [0.25, 0.3) is 11.1 Å². The predicted octanol–water partition coefficient (Wildman–Crippen LogP) is 3.98. The monoisotopic (exact) mass is 390 g/mol. The van der Waals surface area contributed by atoms with E-state index in [1.807, 2.05) is 18.2 Å². The lowest BCUT2D eigenvalue weighted by atomic mass is 10.0. The number of hydrogen-bond donors (Lipinski definition) is 2. The molecule has 3 N–H and O–H groups in total. The van der Waals surface area contributed by atoms with E-state index in [0.717, 1.165) is 11.1 Å². The molecule has 1 amide bonds. The molecule has 0 saturated heterocycles. The van der Waals surface area contributed by atoms with Gasteiger partial charge in [-0.1, -0.05) is 30.4 Å². The largest absolute Gasteiger partial charge is 0.388 e. The van der Waals surface area contributed by atoms with E-state index >= 15 is 0 Å². The van der Waals surface area contributed by atoms with Crippen molar-refractivity contribution in [1.29, 1.82) is 0 Å². The molecule has 1 aliphatic rings. The van der Waals surface area contributed by atoms with Crippen LogP contribution in [-0.4, -0.2) is 21.6 Å². The number of nitrogens with one attached hydrogen (secondary N) is 1. The van der Waals surface area contributed by atoms with E-state index < -0.39 is 0 Å². The molecule has 0 radical (unpaired) electrons. The Labute approximate surface area is 166 Å². The maximum absolute atomic E-state index is 13.2. The smallest absolute Gasteiger partial charge is 0.230 e. The van der Waals surface area contributed by atoms with Crippen molar-refractivity contribution in [2.24, 2.45) is 10.7 Å². The first-order valence-electron chi connectivity index (χ1n) is 8.54. The van der Waals surface area contributed by atoms with Crippen molar-refractivity contribution < 1.29 is 9.18 Å². The lowest BCUT2D eigenvalue weighted by molar-refractivity contribution is -0.115. The van der Waals surface area contributed by atoms with E-state index in [1.165, 1.54) is 12.1 Å². The number of nitrogens with zero attached hydrogens (tertiary/aromatic N) is 2. The van der Waals surface area contributed by atoms with Gasteiger partial charge in [-0.05, 0) is 47.5 Å². The fourth-order valence-electron chi connectivity index (χ4n) is 3.08. The van der Waals surface area contributed by atoms with E-state index in [1.54, 1.807) is 30.5 Å². The van der Waals surface area contributed by atoms with Crippen molar-refractivity contribution >= 4 is 40.2 Å². The zero-order valence-corrected chi connectivity index (χ0v) is 15.5. The number of amides is 1. The Morgan fingerprint density at radius 3 is 2.61 bits per heavy atom. The number of hydrogen-bond acceptors (Lipinski definition) is 4. The van der Waals surface area contributed by atoms with Crippen LogP contribution in [0.4, 0.5) is 15.8 Å². The molecule has 7 heteroatoms. The first-order chi connectivity index (χ1) is 13.5. The maximum atomic E-state index is 13.2. The molecule has 0 spiro atoms. The summed E-state index contributed by atoms with van der Waals surface area (Å²) in [6.45, 7) is 0. The highest BCUT2D eigenvalue weighted by Gasteiger charge is 2.20. The normalized spacial score (nSPS) is 13.2. The lowest BCUT2D eigenvalue weighted by Gasteiger charge is -2.08. The van der Waals surface area contributed by atoms with Crippen LogP contribution in [0.5, 0.6) is 0 Å². The summed E-state index contributed by atoms with van der Waals surface area (Å²) < 4.78 is 13.2. The van der Waals surface area contributed by atoms with Gasteiger partial charge in [0.05, 0.1) is 23.5 Å². The summed E-state index contributed by atoms with van der Waals surface area (Å²) in [5, 5.41) is 2.88. The van der Waals surface area contributed by atoms with Crippen LogP contribution < -0.4 is 11.1 Å². The number of fused-ring (bicyclic) bond motifs is 1. The summed E-state index contributed by atoms with van der Waals surface area (Å²) in [5.74, 6) is -0.502. The topological polar surface area (TPSA) is 80.4 Å². The third kappa shape index (κ3) is 3.52. The molecule has 3 aromatic rings. The summed E-state index contributed by atoms with van der Waals surface area (Å²) in [5.41, 5.74) is 10.3. The highest BCUT2D eigenvalue weighted by atomic mass is 32.1. The molecule has 0 unspecified atom stereocenters. The average molecular weight is 390 g/mol. The van der Waals surface area contributed by atoms with E-state index in [-0.39, 0.29) is 23.1 Å². The molecule has 0 atom stereocenters. The standard InChI is InChI=1S/C21H15FN4OS/c22-14-6-3-12(4-7-14)13-5-8-16-18(10-13)26-19(27)11-17(25-16)15-2-1-9-24-20(15)21(23)28/h1-10H,11H2,(H2,23,28)(H,26,27). The average Bonchev–Trinajstić information content (AvgIpc) is 2.85. The van der Waals surface area contributed by atoms with Crippen LogP contribution in [0.2, 0.25) is 0 Å². The van der Waals surface area contributed by atoms with Crippen molar-refractivity contribution in [1.82, 2.24) is 4.98 Å². The highest BCUT2D eigenvalue weighted by Crippen LogP contribution is 2.34. The molecular formula is C21H15FN4OS. The Morgan fingerprint density at radius 1 is 1.11 bits per heavy atom. The number of anilines is 1. The molecule has 5 nitrogen and oxygen atoms in total. The molecule has 0 saturated carbocycles. The Hall–Kier alpha value is -3.45. The molecule has 0 bridgehead atoms. The number of nitrogens with two attached hydrogens (primary N) is 1. The van der Waals surface area contributed by atoms with Gasteiger partial charge in [-0.2, -0.15) is 0 Å². The fourth-order valence-corrected chi connectivity index (χ4v) is 3.24. The van der Waals surface area contributed by atoms with E-state index in [2.05, 4.69) is 15.3 Å². The minimum absolute atomic E-state index is 0.0713. The van der Waals surface area contributed by atoms with Crippen LogP contribution in [-0.2, 0) is 4.79 Å². The van der Waals surface area contributed by atoms with E-state index in [4.69, 9.17) is 18.0 Å². The van der Waals surface area contributed by atoms with Crippen LogP contribution in [0.3, 0.4) is 0 Å². The number of pyridine rings is 1. The molecule has 1 aromatic heterocycles. The SMILES string of the molecule is NC(=S)c1ncccc1C1=Nc2ccc(-c3ccc(F)cc3)cc2NC(=O)C1. The highest BCUT2D eigenvalue weighted by molar-refractivity contribution is 7.80. The van der Waals surface area contributed by atoms with Gasteiger partial charge in [0.25, 0.3) is 0 Å². The summed E-state index contributed by atoms with van der Waals surface area (Å²) in [4.78, 5) is 21.5. The minimum Gasteiger partial charge on any atom is -0.388 e. The summed E-state index contributed by atoms with van der Waals surface area (Å²) >= 11 is 5.07. The van der Waals surface area contributed by atoms with Gasteiger partial charge >= 0.3 is 0 Å². The number of carbonyl (C=O) groups is 1. The first-order valence-corrected chi connectivity index (χ1v) is 8.95. The third-order valence-corrected chi connectivity index (χ3v) is 4.58. The summed E-state index contributed by atoms with van der Waals surface area (Å²) in [6, 6.07) is 15.2. The van der Waals surface area contributed by atoms with Crippen LogP contribution >= 0.6 is 12.2 Å². The van der Waals surface area contributed by atoms with Gasteiger partial charge in [0.1, 0.15) is 16.5 Å². The van der Waals surface area contributed by atoms with E-state index in [9.17, 15) is 9.18 Å². The zero-order valence-electron chi connectivity index (χ0n) is 14.6. The molecule has 2 heterocycles. The Balaban J connectivity index is 1.80. The Bertz CT molecular complexity index is 1130. The molecule has 0 fully saturated rings. The van der Waals surface area contributed by atoms with Gasteiger partial charge in [0.2, 0.25) is 5.91 Å². The predicted molar refractivity (Wildman–Crippen MR) is 111 cm³/mol. The van der Waals surface area contributed by atoms with Gasteiger partial charge in [-0.15, -0.1) is 0 Å². The molecule has 0 aliphatic carbocycles. The Morgan fingerprint density at radius 2 is 1.86 bits per heavy atom. The number of carbonyl (C=O) groups excluding carboxylic acids is 1. The molecular weight excluding hydrogens is 375 g/mol. The van der Waals surface area contributed by atoms with Crippen molar-refractivity contribution in [3.05, 3.63) is 77.9 Å². The second-order valence-electron chi connectivity index (χ2n) is 6.29. The number of aromatic nitrogens is 1. The number of rotatable bonds is 3. The van der Waals surface area contributed by atoms with Gasteiger partial charge in [-0.3, -0.25) is 14.8 Å². The summed E-state index contributed by atoms with van der Waals surface area (Å²) in [6.07, 6.45) is 1.67. The molecule has 2 aromatic carbocycles. The molecule has 138 valence electrons. The lowest BCUT2D eigenvalue weighted by Crippen LogP contribution is -2.20. The van der Waals surface area contributed by atoms with Crippen molar-refractivity contribution in [3.8, 4) is 11.1 Å². The minimum atomic E-state index is -0.300. The van der Waals surface area contributed by atoms with E-state index in [0.29, 0.717) is 28.3 Å². The quantitative estimate of drug-likeness (QED) is 0.663. The Kier molecular flexibility index (Phi) is 4.67. The second-order valence-corrected chi connectivity index (χ2v) is 6.73. The molecule has 4 rings (SSSR count). The van der Waals surface area contributed by atoms with Crippen molar-refractivity contribution in [2.75, 3.05) is 5.32 Å².